The van der Waals surface area contributed by atoms with Gasteiger partial charge in [0.25, 0.3) is 0 Å². The van der Waals surface area contributed by atoms with Crippen LogP contribution < -0.4 is 10.6 Å². The van der Waals surface area contributed by atoms with Gasteiger partial charge < -0.3 is 10.6 Å². The van der Waals surface area contributed by atoms with E-state index in [-0.39, 0.29) is 30.7 Å². The Balaban J connectivity index is 0.00000208. The molecule has 0 spiro atoms. The molecule has 2 saturated heterocycles. The molecule has 1 amide bonds. The lowest BCUT2D eigenvalue weighted by Gasteiger charge is -2.37. The van der Waals surface area contributed by atoms with Gasteiger partial charge in [-0.1, -0.05) is 18.2 Å². The Labute approximate surface area is 149 Å². The zero-order valence-corrected chi connectivity index (χ0v) is 14.7. The first-order valence-corrected chi connectivity index (χ1v) is 8.39. The number of halogens is 2. The molecular formula is C17H26ClFN4O. The number of amides is 1. The summed E-state index contributed by atoms with van der Waals surface area (Å²) in [5.41, 5.74) is 0.527. The molecule has 24 heavy (non-hydrogen) atoms. The van der Waals surface area contributed by atoms with Gasteiger partial charge in [-0.3, -0.25) is 14.6 Å². The number of nitrogens with one attached hydrogen (secondary N) is 2. The Morgan fingerprint density at radius 1 is 1.25 bits per heavy atom. The van der Waals surface area contributed by atoms with Gasteiger partial charge in [-0.15, -0.1) is 12.4 Å². The van der Waals surface area contributed by atoms with Crippen LogP contribution in [-0.2, 0) is 11.3 Å². The molecule has 1 aromatic carbocycles. The molecule has 7 heteroatoms. The third kappa shape index (κ3) is 5.14. The number of nitrogens with zero attached hydrogens (tertiary/aromatic N) is 2. The number of benzene rings is 1. The highest BCUT2D eigenvalue weighted by molar-refractivity contribution is 5.85. The first-order chi connectivity index (χ1) is 11.2. The molecule has 134 valence electrons. The summed E-state index contributed by atoms with van der Waals surface area (Å²) in [7, 11) is 0. The minimum absolute atomic E-state index is 0. The predicted molar refractivity (Wildman–Crippen MR) is 94.8 cm³/mol. The lowest BCUT2D eigenvalue weighted by atomic mass is 10.2. The van der Waals surface area contributed by atoms with E-state index in [9.17, 15) is 9.18 Å². The molecule has 5 nitrogen and oxygen atoms in total. The Hall–Kier alpha value is -1.21. The Morgan fingerprint density at radius 2 is 2.00 bits per heavy atom. The molecule has 0 saturated carbocycles. The SMILES string of the molecule is Cl.O=C(CN1CCN(C2CCNC2)CC1)NCc1ccccc1F. The van der Waals surface area contributed by atoms with Gasteiger partial charge in [0.2, 0.25) is 5.91 Å². The van der Waals surface area contributed by atoms with E-state index in [0.29, 0.717) is 18.2 Å². The van der Waals surface area contributed by atoms with Gasteiger partial charge in [0, 0.05) is 50.9 Å². The van der Waals surface area contributed by atoms with E-state index in [1.165, 1.54) is 12.5 Å². The average molecular weight is 357 g/mol. The van der Waals surface area contributed by atoms with Crippen molar-refractivity contribution < 1.29 is 9.18 Å². The van der Waals surface area contributed by atoms with Gasteiger partial charge in [-0.25, -0.2) is 4.39 Å². The Morgan fingerprint density at radius 3 is 2.67 bits per heavy atom. The summed E-state index contributed by atoms with van der Waals surface area (Å²) < 4.78 is 13.5. The van der Waals surface area contributed by atoms with E-state index < -0.39 is 0 Å². The average Bonchev–Trinajstić information content (AvgIpc) is 3.09. The molecule has 2 heterocycles. The van der Waals surface area contributed by atoms with Gasteiger partial charge in [0.15, 0.2) is 0 Å². The highest BCUT2D eigenvalue weighted by Crippen LogP contribution is 2.11. The summed E-state index contributed by atoms with van der Waals surface area (Å²) in [5, 5.41) is 6.21. The second-order valence-electron chi connectivity index (χ2n) is 6.33. The van der Waals surface area contributed by atoms with Crippen molar-refractivity contribution in [2.45, 2.75) is 19.0 Å². The van der Waals surface area contributed by atoms with Crippen molar-refractivity contribution in [3.63, 3.8) is 0 Å². The fraction of sp³-hybridized carbons (Fsp3) is 0.588. The monoisotopic (exact) mass is 356 g/mol. The molecule has 0 bridgehead atoms. The van der Waals surface area contributed by atoms with Crippen LogP contribution in [0.4, 0.5) is 4.39 Å². The molecule has 2 fully saturated rings. The van der Waals surface area contributed by atoms with Crippen LogP contribution in [0.1, 0.15) is 12.0 Å². The van der Waals surface area contributed by atoms with Crippen LogP contribution >= 0.6 is 12.4 Å². The fourth-order valence-corrected chi connectivity index (χ4v) is 3.33. The lowest BCUT2D eigenvalue weighted by molar-refractivity contribution is -0.122. The Kier molecular flexibility index (Phi) is 7.42. The highest BCUT2D eigenvalue weighted by atomic mass is 35.5. The quantitative estimate of drug-likeness (QED) is 0.821. The number of hydrogen-bond acceptors (Lipinski definition) is 4. The largest absolute Gasteiger partial charge is 0.351 e. The summed E-state index contributed by atoms with van der Waals surface area (Å²) in [6, 6.07) is 7.21. The zero-order valence-electron chi connectivity index (χ0n) is 13.8. The Bertz CT molecular complexity index is 531. The van der Waals surface area contributed by atoms with Crippen LogP contribution in [0.5, 0.6) is 0 Å². The van der Waals surface area contributed by atoms with Crippen molar-refractivity contribution >= 4 is 18.3 Å². The van der Waals surface area contributed by atoms with Crippen molar-refractivity contribution in [1.29, 1.82) is 0 Å². The maximum Gasteiger partial charge on any atom is 0.234 e. The third-order valence-corrected chi connectivity index (χ3v) is 4.76. The van der Waals surface area contributed by atoms with Crippen molar-refractivity contribution in [2.24, 2.45) is 0 Å². The van der Waals surface area contributed by atoms with Gasteiger partial charge >= 0.3 is 0 Å². The number of rotatable bonds is 5. The first-order valence-electron chi connectivity index (χ1n) is 8.39. The lowest BCUT2D eigenvalue weighted by Crippen LogP contribution is -2.52. The molecule has 0 radical (unpaired) electrons. The topological polar surface area (TPSA) is 47.6 Å². The maximum absolute atomic E-state index is 13.5. The van der Waals surface area contributed by atoms with Crippen LogP contribution in [0, 0.1) is 5.82 Å². The minimum atomic E-state index is -0.272. The van der Waals surface area contributed by atoms with Gasteiger partial charge in [0.05, 0.1) is 6.54 Å². The van der Waals surface area contributed by atoms with Crippen LogP contribution in [0.25, 0.3) is 0 Å². The molecule has 0 aliphatic carbocycles. The zero-order chi connectivity index (χ0) is 16.1. The van der Waals surface area contributed by atoms with E-state index in [4.69, 9.17) is 0 Å². The van der Waals surface area contributed by atoms with Gasteiger partial charge in [-0.2, -0.15) is 0 Å². The summed E-state index contributed by atoms with van der Waals surface area (Å²) in [6.45, 7) is 6.73. The normalized spacial score (nSPS) is 22.1. The number of piperazine rings is 1. The molecule has 0 aromatic heterocycles. The molecule has 3 rings (SSSR count). The molecular weight excluding hydrogens is 331 g/mol. The number of hydrogen-bond donors (Lipinski definition) is 2. The predicted octanol–water partition coefficient (Wildman–Crippen LogP) is 0.843. The van der Waals surface area contributed by atoms with E-state index in [2.05, 4.69) is 20.4 Å². The van der Waals surface area contributed by atoms with Gasteiger partial charge in [0.1, 0.15) is 5.82 Å². The maximum atomic E-state index is 13.5. The number of carbonyl (C=O) groups is 1. The highest BCUT2D eigenvalue weighted by Gasteiger charge is 2.26. The van der Waals surface area contributed by atoms with Crippen LogP contribution in [0.2, 0.25) is 0 Å². The van der Waals surface area contributed by atoms with E-state index in [1.54, 1.807) is 18.2 Å². The second-order valence-corrected chi connectivity index (χ2v) is 6.33. The molecule has 2 N–H and O–H groups in total. The van der Waals surface area contributed by atoms with Crippen LogP contribution in [-0.4, -0.2) is 67.6 Å². The van der Waals surface area contributed by atoms with Crippen molar-refractivity contribution in [1.82, 2.24) is 20.4 Å². The summed E-state index contributed by atoms with van der Waals surface area (Å²) in [6.07, 6.45) is 1.23. The van der Waals surface area contributed by atoms with Crippen molar-refractivity contribution in [3.8, 4) is 0 Å². The van der Waals surface area contributed by atoms with Crippen molar-refractivity contribution in [3.05, 3.63) is 35.6 Å². The van der Waals surface area contributed by atoms with E-state index in [0.717, 1.165) is 39.3 Å². The van der Waals surface area contributed by atoms with Crippen LogP contribution in [0.15, 0.2) is 24.3 Å². The van der Waals surface area contributed by atoms with E-state index in [1.807, 2.05) is 0 Å². The fourth-order valence-electron chi connectivity index (χ4n) is 3.33. The molecule has 2 aliphatic heterocycles. The van der Waals surface area contributed by atoms with Gasteiger partial charge in [-0.05, 0) is 19.0 Å². The standard InChI is InChI=1S/C17H25FN4O.ClH/c18-16-4-2-1-3-14(16)11-20-17(23)13-21-7-9-22(10-8-21)15-5-6-19-12-15;/h1-4,15,19H,5-13H2,(H,20,23);1H. The molecule has 1 aromatic rings. The minimum Gasteiger partial charge on any atom is -0.351 e. The molecule has 2 aliphatic rings. The van der Waals surface area contributed by atoms with Crippen LogP contribution in [0.3, 0.4) is 0 Å². The summed E-state index contributed by atoms with van der Waals surface area (Å²) in [4.78, 5) is 16.7. The van der Waals surface area contributed by atoms with Crippen molar-refractivity contribution in [2.75, 3.05) is 45.8 Å². The van der Waals surface area contributed by atoms with E-state index >= 15 is 0 Å². The molecule has 1 atom stereocenters. The summed E-state index contributed by atoms with van der Waals surface area (Å²) >= 11 is 0. The third-order valence-electron chi connectivity index (χ3n) is 4.76. The smallest absolute Gasteiger partial charge is 0.234 e. The second kappa shape index (κ2) is 9.32. The summed E-state index contributed by atoms with van der Waals surface area (Å²) in [5.74, 6) is -0.309. The molecule has 1 unspecified atom stereocenters. The number of carbonyl (C=O) groups excluding carboxylic acids is 1. The first kappa shape index (κ1) is 19.1.